The molecule has 8 heteroatoms. The van der Waals surface area contributed by atoms with E-state index in [1.807, 2.05) is 17.8 Å². The Labute approximate surface area is 117 Å². The zero-order valence-corrected chi connectivity index (χ0v) is 12.2. The van der Waals surface area contributed by atoms with Crippen LogP contribution in [0, 0.1) is 5.92 Å². The first kappa shape index (κ1) is 13.3. The van der Waals surface area contributed by atoms with Crippen LogP contribution < -0.4 is 4.72 Å². The first-order valence-electron chi connectivity index (χ1n) is 6.45. The lowest BCUT2D eigenvalue weighted by atomic mass is 10.2. The number of imidazole rings is 2. The molecule has 0 spiro atoms. The fourth-order valence-corrected chi connectivity index (χ4v) is 3.47. The number of hydrogen-bond donors (Lipinski definition) is 1. The van der Waals surface area contributed by atoms with Crippen LogP contribution in [-0.2, 0) is 24.1 Å². The van der Waals surface area contributed by atoms with Gasteiger partial charge in [0.05, 0.1) is 12.4 Å². The predicted octanol–water partition coefficient (Wildman–Crippen LogP) is 0.583. The molecule has 0 saturated heterocycles. The van der Waals surface area contributed by atoms with E-state index in [0.717, 1.165) is 18.7 Å². The predicted molar refractivity (Wildman–Crippen MR) is 72.2 cm³/mol. The number of sulfonamides is 1. The minimum absolute atomic E-state index is 0.0415. The molecule has 1 aliphatic rings. The molecule has 0 amide bonds. The first-order valence-corrected chi connectivity index (χ1v) is 7.93. The van der Waals surface area contributed by atoms with Gasteiger partial charge in [0.15, 0.2) is 5.03 Å². The zero-order chi connectivity index (χ0) is 14.3. The van der Waals surface area contributed by atoms with E-state index in [9.17, 15) is 8.42 Å². The molecule has 3 rings (SSSR count). The topological polar surface area (TPSA) is 81.8 Å². The summed E-state index contributed by atoms with van der Waals surface area (Å²) in [4.78, 5) is 8.18. The SMILES string of the molecule is Cn1cnc(S(=O)(=O)N[C@H](c2nccn2C)C2CC2)c1. The molecule has 1 saturated carbocycles. The molecule has 2 heterocycles. The molecule has 20 heavy (non-hydrogen) atoms. The Kier molecular flexibility index (Phi) is 3.14. The monoisotopic (exact) mass is 295 g/mol. The minimum atomic E-state index is -3.62. The standard InChI is InChI=1S/C12H17N5O2S/c1-16-7-10(14-8-16)20(18,19)15-11(9-3-4-9)12-13-5-6-17(12)2/h5-9,11,15H,3-4H2,1-2H3/t11-/m0/s1. The summed E-state index contributed by atoms with van der Waals surface area (Å²) in [5.74, 6) is 1.06. The van der Waals surface area contributed by atoms with E-state index in [1.54, 1.807) is 17.8 Å². The number of rotatable bonds is 5. The molecule has 0 unspecified atom stereocenters. The Morgan fingerprint density at radius 1 is 1.35 bits per heavy atom. The van der Waals surface area contributed by atoms with Gasteiger partial charge in [0, 0.05) is 32.7 Å². The van der Waals surface area contributed by atoms with Crippen LogP contribution in [-0.4, -0.2) is 27.5 Å². The van der Waals surface area contributed by atoms with Crippen LogP contribution in [0.25, 0.3) is 0 Å². The van der Waals surface area contributed by atoms with Gasteiger partial charge in [0.1, 0.15) is 5.82 Å². The van der Waals surface area contributed by atoms with E-state index in [1.165, 1.54) is 12.5 Å². The fourth-order valence-electron chi connectivity index (χ4n) is 2.22. The lowest BCUT2D eigenvalue weighted by Crippen LogP contribution is -2.32. The average molecular weight is 295 g/mol. The highest BCUT2D eigenvalue weighted by Gasteiger charge is 2.38. The number of aromatic nitrogens is 4. The Morgan fingerprint density at radius 3 is 2.60 bits per heavy atom. The van der Waals surface area contributed by atoms with E-state index in [-0.39, 0.29) is 11.1 Å². The summed E-state index contributed by atoms with van der Waals surface area (Å²) in [6.45, 7) is 0. The molecular weight excluding hydrogens is 278 g/mol. The second-order valence-corrected chi connectivity index (χ2v) is 6.87. The van der Waals surface area contributed by atoms with Crippen LogP contribution in [0.3, 0.4) is 0 Å². The highest BCUT2D eigenvalue weighted by atomic mass is 32.2. The van der Waals surface area contributed by atoms with Crippen LogP contribution in [0.15, 0.2) is 29.9 Å². The molecule has 1 N–H and O–H groups in total. The van der Waals surface area contributed by atoms with Crippen molar-refractivity contribution in [2.45, 2.75) is 23.9 Å². The Hall–Kier alpha value is -1.67. The van der Waals surface area contributed by atoms with E-state index in [2.05, 4.69) is 14.7 Å². The van der Waals surface area contributed by atoms with E-state index in [4.69, 9.17) is 0 Å². The van der Waals surface area contributed by atoms with Crippen LogP contribution in [0.5, 0.6) is 0 Å². The van der Waals surface area contributed by atoms with Crippen molar-refractivity contribution in [1.29, 1.82) is 0 Å². The summed E-state index contributed by atoms with van der Waals surface area (Å²) in [7, 11) is -0.0147. The third-order valence-corrected chi connectivity index (χ3v) is 4.79. The average Bonchev–Trinajstić information content (AvgIpc) is 2.99. The van der Waals surface area contributed by atoms with E-state index in [0.29, 0.717) is 5.92 Å². The summed E-state index contributed by atoms with van der Waals surface area (Å²) in [6.07, 6.45) is 8.50. The van der Waals surface area contributed by atoms with E-state index < -0.39 is 10.0 Å². The maximum absolute atomic E-state index is 12.4. The number of nitrogens with zero attached hydrogens (tertiary/aromatic N) is 4. The van der Waals surface area contributed by atoms with Crippen molar-refractivity contribution >= 4 is 10.0 Å². The van der Waals surface area contributed by atoms with Gasteiger partial charge in [0.25, 0.3) is 10.0 Å². The zero-order valence-electron chi connectivity index (χ0n) is 11.4. The van der Waals surface area contributed by atoms with Gasteiger partial charge < -0.3 is 9.13 Å². The van der Waals surface area contributed by atoms with E-state index >= 15 is 0 Å². The van der Waals surface area contributed by atoms with Crippen molar-refractivity contribution < 1.29 is 8.42 Å². The molecule has 7 nitrogen and oxygen atoms in total. The second-order valence-electron chi connectivity index (χ2n) is 5.21. The molecule has 0 aliphatic heterocycles. The summed E-state index contributed by atoms with van der Waals surface area (Å²) in [5.41, 5.74) is 0. The van der Waals surface area contributed by atoms with Crippen LogP contribution in [0.2, 0.25) is 0 Å². The second kappa shape index (κ2) is 4.71. The van der Waals surface area contributed by atoms with Gasteiger partial charge in [-0.2, -0.15) is 4.72 Å². The summed E-state index contributed by atoms with van der Waals surface area (Å²) >= 11 is 0. The molecule has 1 aliphatic carbocycles. The summed E-state index contributed by atoms with van der Waals surface area (Å²) < 4.78 is 30.9. The number of aryl methyl sites for hydroxylation is 2. The molecule has 0 radical (unpaired) electrons. The third-order valence-electron chi connectivity index (χ3n) is 3.47. The van der Waals surface area contributed by atoms with Gasteiger partial charge in [-0.3, -0.25) is 0 Å². The molecule has 0 bridgehead atoms. The van der Waals surface area contributed by atoms with Crippen molar-refractivity contribution in [3.8, 4) is 0 Å². The Balaban J connectivity index is 1.89. The van der Waals surface area contributed by atoms with Gasteiger partial charge >= 0.3 is 0 Å². The quantitative estimate of drug-likeness (QED) is 0.875. The molecule has 0 aromatic carbocycles. The third kappa shape index (κ3) is 2.48. The highest BCUT2D eigenvalue weighted by molar-refractivity contribution is 7.89. The van der Waals surface area contributed by atoms with Gasteiger partial charge in [-0.25, -0.2) is 18.4 Å². The molecule has 2 aromatic rings. The van der Waals surface area contributed by atoms with Gasteiger partial charge in [-0.05, 0) is 18.8 Å². The first-order chi connectivity index (χ1) is 9.47. The van der Waals surface area contributed by atoms with Crippen LogP contribution >= 0.6 is 0 Å². The maximum atomic E-state index is 12.4. The normalized spacial score (nSPS) is 17.3. The highest BCUT2D eigenvalue weighted by Crippen LogP contribution is 2.41. The lowest BCUT2D eigenvalue weighted by molar-refractivity contribution is 0.498. The van der Waals surface area contributed by atoms with Gasteiger partial charge in [0.2, 0.25) is 0 Å². The smallest absolute Gasteiger partial charge is 0.260 e. The summed E-state index contributed by atoms with van der Waals surface area (Å²) in [6, 6.07) is -0.290. The molecule has 1 fully saturated rings. The molecule has 1 atom stereocenters. The Morgan fingerprint density at radius 2 is 2.10 bits per heavy atom. The van der Waals surface area contributed by atoms with Crippen molar-refractivity contribution in [2.75, 3.05) is 0 Å². The minimum Gasteiger partial charge on any atom is -0.339 e. The number of hydrogen-bond acceptors (Lipinski definition) is 4. The van der Waals surface area contributed by atoms with Crippen LogP contribution in [0.1, 0.15) is 24.7 Å². The van der Waals surface area contributed by atoms with Crippen molar-refractivity contribution in [2.24, 2.45) is 20.0 Å². The Bertz CT molecular complexity index is 714. The van der Waals surface area contributed by atoms with Gasteiger partial charge in [-0.1, -0.05) is 0 Å². The number of nitrogens with one attached hydrogen (secondary N) is 1. The van der Waals surface area contributed by atoms with Crippen LogP contribution in [0.4, 0.5) is 0 Å². The fraction of sp³-hybridized carbons (Fsp3) is 0.500. The van der Waals surface area contributed by atoms with Gasteiger partial charge in [-0.15, -0.1) is 0 Å². The van der Waals surface area contributed by atoms with Crippen molar-refractivity contribution in [3.05, 3.63) is 30.7 Å². The largest absolute Gasteiger partial charge is 0.339 e. The van der Waals surface area contributed by atoms with Crippen molar-refractivity contribution in [1.82, 2.24) is 23.8 Å². The molecule has 2 aromatic heterocycles. The maximum Gasteiger partial charge on any atom is 0.260 e. The molecular formula is C12H17N5O2S. The lowest BCUT2D eigenvalue weighted by Gasteiger charge is -2.17. The molecule has 108 valence electrons. The van der Waals surface area contributed by atoms with Crippen molar-refractivity contribution in [3.63, 3.8) is 0 Å². The summed E-state index contributed by atoms with van der Waals surface area (Å²) in [5, 5.41) is 0.0415.